The summed E-state index contributed by atoms with van der Waals surface area (Å²) in [7, 11) is 2.15. The molecule has 4 heterocycles. The van der Waals surface area contributed by atoms with E-state index in [0.717, 1.165) is 52.9 Å². The smallest absolute Gasteiger partial charge is 0.266 e. The number of nitrogens with one attached hydrogen (secondary N) is 1. The molecule has 8 nitrogen and oxygen atoms in total. The summed E-state index contributed by atoms with van der Waals surface area (Å²) >= 11 is 3.61. The van der Waals surface area contributed by atoms with Crippen LogP contribution >= 0.6 is 15.9 Å². The van der Waals surface area contributed by atoms with Crippen molar-refractivity contribution >= 4 is 38.5 Å². The SMILES string of the molecule is Cc1cccc(C)c1-n1cc(Br)c2nc(Nc3cnn(C4CCN(C)CC4)c3)ncc2c1=O. The molecule has 0 radical (unpaired) electrons. The number of pyridine rings is 1. The fraction of sp³-hybridized carbons (Fsp3) is 0.333. The van der Waals surface area contributed by atoms with Gasteiger partial charge in [0.15, 0.2) is 0 Å². The lowest BCUT2D eigenvalue weighted by atomic mass is 10.1. The van der Waals surface area contributed by atoms with Crippen LogP contribution < -0.4 is 10.9 Å². The zero-order chi connectivity index (χ0) is 23.1. The van der Waals surface area contributed by atoms with Gasteiger partial charge in [-0.1, -0.05) is 18.2 Å². The van der Waals surface area contributed by atoms with Crippen LogP contribution in [0.15, 0.2) is 52.3 Å². The predicted molar refractivity (Wildman–Crippen MR) is 134 cm³/mol. The second-order valence-electron chi connectivity index (χ2n) is 8.72. The Hall–Kier alpha value is -3.04. The fourth-order valence-corrected chi connectivity index (χ4v) is 4.99. The van der Waals surface area contributed by atoms with Crippen molar-refractivity contribution in [3.8, 4) is 5.69 Å². The van der Waals surface area contributed by atoms with Gasteiger partial charge >= 0.3 is 0 Å². The Morgan fingerprint density at radius 3 is 2.55 bits per heavy atom. The molecular formula is C24H26BrN7O. The number of fused-ring (bicyclic) bond motifs is 1. The molecule has 1 saturated heterocycles. The van der Waals surface area contributed by atoms with E-state index in [-0.39, 0.29) is 5.56 Å². The number of piperidine rings is 1. The summed E-state index contributed by atoms with van der Waals surface area (Å²) in [4.78, 5) is 24.7. The lowest BCUT2D eigenvalue weighted by molar-refractivity contribution is 0.212. The van der Waals surface area contributed by atoms with E-state index in [1.807, 2.05) is 42.9 Å². The topological polar surface area (TPSA) is 80.9 Å². The Labute approximate surface area is 200 Å². The van der Waals surface area contributed by atoms with Crippen molar-refractivity contribution in [3.05, 3.63) is 68.9 Å². The van der Waals surface area contributed by atoms with Gasteiger partial charge in [0.05, 0.1) is 39.0 Å². The van der Waals surface area contributed by atoms with E-state index in [2.05, 4.69) is 48.3 Å². The normalized spacial score (nSPS) is 15.3. The van der Waals surface area contributed by atoms with Gasteiger partial charge < -0.3 is 10.2 Å². The minimum Gasteiger partial charge on any atom is -0.321 e. The molecule has 0 saturated carbocycles. The molecule has 0 spiro atoms. The highest BCUT2D eigenvalue weighted by Gasteiger charge is 2.19. The van der Waals surface area contributed by atoms with Gasteiger partial charge in [-0.25, -0.2) is 9.97 Å². The Bertz CT molecular complexity index is 1370. The van der Waals surface area contributed by atoms with Gasteiger partial charge in [-0.3, -0.25) is 14.0 Å². The maximum absolute atomic E-state index is 13.3. The van der Waals surface area contributed by atoms with Crippen LogP contribution in [0.3, 0.4) is 0 Å². The van der Waals surface area contributed by atoms with Crippen molar-refractivity contribution in [3.63, 3.8) is 0 Å². The molecule has 170 valence electrons. The van der Waals surface area contributed by atoms with Gasteiger partial charge in [0.1, 0.15) is 0 Å². The summed E-state index contributed by atoms with van der Waals surface area (Å²) in [5, 5.41) is 8.22. The van der Waals surface area contributed by atoms with Crippen LogP contribution in [-0.4, -0.2) is 49.4 Å². The minimum atomic E-state index is -0.146. The first-order valence-electron chi connectivity index (χ1n) is 11.0. The van der Waals surface area contributed by atoms with Crippen molar-refractivity contribution in [1.29, 1.82) is 0 Å². The summed E-state index contributed by atoms with van der Waals surface area (Å²) < 4.78 is 4.42. The number of aromatic nitrogens is 5. The van der Waals surface area contributed by atoms with Gasteiger partial charge in [-0.05, 0) is 73.9 Å². The molecule has 0 unspecified atom stereocenters. The molecule has 0 bridgehead atoms. The van der Waals surface area contributed by atoms with E-state index < -0.39 is 0 Å². The zero-order valence-electron chi connectivity index (χ0n) is 18.9. The van der Waals surface area contributed by atoms with Crippen LogP contribution in [-0.2, 0) is 0 Å². The molecule has 1 aliphatic rings. The summed E-state index contributed by atoms with van der Waals surface area (Å²) in [6, 6.07) is 6.40. The second kappa shape index (κ2) is 8.72. The quantitative estimate of drug-likeness (QED) is 0.441. The van der Waals surface area contributed by atoms with E-state index >= 15 is 0 Å². The number of benzene rings is 1. The third-order valence-electron chi connectivity index (χ3n) is 6.31. The molecule has 0 aliphatic carbocycles. The monoisotopic (exact) mass is 507 g/mol. The van der Waals surface area contributed by atoms with Gasteiger partial charge in [0.2, 0.25) is 5.95 Å². The van der Waals surface area contributed by atoms with Gasteiger partial charge in [0, 0.05) is 18.6 Å². The Kier molecular flexibility index (Phi) is 5.76. The number of halogens is 1. The summed E-state index contributed by atoms with van der Waals surface area (Å²) in [5.41, 5.74) is 4.20. The number of nitrogens with zero attached hydrogens (tertiary/aromatic N) is 6. The standard InChI is InChI=1S/C24H26BrN7O/c1-15-5-4-6-16(2)22(15)31-14-20(25)21-19(23(31)33)12-26-24(29-21)28-17-11-27-32(13-17)18-7-9-30(3)10-8-18/h4-6,11-14,18H,7-10H2,1-3H3,(H,26,28,29). The lowest BCUT2D eigenvalue weighted by Crippen LogP contribution is -2.31. The first kappa shape index (κ1) is 21.8. The average molecular weight is 508 g/mol. The maximum atomic E-state index is 13.3. The Morgan fingerprint density at radius 2 is 1.82 bits per heavy atom. The minimum absolute atomic E-state index is 0.146. The van der Waals surface area contributed by atoms with E-state index in [0.29, 0.717) is 22.9 Å². The number of hydrogen-bond acceptors (Lipinski definition) is 6. The van der Waals surface area contributed by atoms with Crippen LogP contribution in [0.5, 0.6) is 0 Å². The molecule has 5 rings (SSSR count). The first-order valence-corrected chi connectivity index (χ1v) is 11.8. The molecule has 33 heavy (non-hydrogen) atoms. The number of para-hydroxylation sites is 1. The molecule has 1 N–H and O–H groups in total. The third kappa shape index (κ3) is 4.18. The largest absolute Gasteiger partial charge is 0.321 e. The van der Waals surface area contributed by atoms with Crippen molar-refractivity contribution in [2.24, 2.45) is 0 Å². The van der Waals surface area contributed by atoms with Crippen molar-refractivity contribution < 1.29 is 0 Å². The third-order valence-corrected chi connectivity index (χ3v) is 6.89. The fourth-order valence-electron chi connectivity index (χ4n) is 4.49. The molecule has 4 aromatic rings. The molecule has 1 aromatic carbocycles. The van der Waals surface area contributed by atoms with E-state index in [9.17, 15) is 4.79 Å². The maximum Gasteiger partial charge on any atom is 0.266 e. The van der Waals surface area contributed by atoms with Crippen LogP contribution in [0.25, 0.3) is 16.6 Å². The van der Waals surface area contributed by atoms with Crippen LogP contribution in [0.1, 0.15) is 30.0 Å². The van der Waals surface area contributed by atoms with Crippen LogP contribution in [0.2, 0.25) is 0 Å². The van der Waals surface area contributed by atoms with Crippen molar-refractivity contribution in [2.45, 2.75) is 32.7 Å². The first-order chi connectivity index (χ1) is 15.9. The molecule has 1 fully saturated rings. The number of likely N-dealkylation sites (tertiary alicyclic amines) is 1. The van der Waals surface area contributed by atoms with Crippen LogP contribution in [0.4, 0.5) is 11.6 Å². The molecule has 3 aromatic heterocycles. The Balaban J connectivity index is 1.45. The molecule has 0 atom stereocenters. The predicted octanol–water partition coefficient (Wildman–Crippen LogP) is 4.37. The highest BCUT2D eigenvalue weighted by atomic mass is 79.9. The highest BCUT2D eigenvalue weighted by Crippen LogP contribution is 2.26. The summed E-state index contributed by atoms with van der Waals surface area (Å²) in [5.74, 6) is 0.426. The molecular weight excluding hydrogens is 482 g/mol. The number of rotatable bonds is 4. The Morgan fingerprint density at radius 1 is 1.09 bits per heavy atom. The van der Waals surface area contributed by atoms with E-state index in [1.165, 1.54) is 0 Å². The van der Waals surface area contributed by atoms with E-state index in [4.69, 9.17) is 0 Å². The molecule has 0 amide bonds. The highest BCUT2D eigenvalue weighted by molar-refractivity contribution is 9.10. The molecule has 1 aliphatic heterocycles. The number of anilines is 2. The van der Waals surface area contributed by atoms with Gasteiger partial charge in [0.25, 0.3) is 5.56 Å². The number of hydrogen-bond donors (Lipinski definition) is 1. The number of aryl methyl sites for hydroxylation is 2. The average Bonchev–Trinajstić information content (AvgIpc) is 3.26. The lowest BCUT2D eigenvalue weighted by Gasteiger charge is -2.28. The summed E-state index contributed by atoms with van der Waals surface area (Å²) in [6.45, 7) is 6.16. The van der Waals surface area contributed by atoms with Crippen molar-refractivity contribution in [1.82, 2.24) is 29.2 Å². The van der Waals surface area contributed by atoms with Gasteiger partial charge in [-0.15, -0.1) is 0 Å². The van der Waals surface area contributed by atoms with E-state index in [1.54, 1.807) is 23.2 Å². The van der Waals surface area contributed by atoms with Crippen molar-refractivity contribution in [2.75, 3.05) is 25.5 Å². The summed E-state index contributed by atoms with van der Waals surface area (Å²) in [6.07, 6.45) is 9.34. The molecule has 9 heteroatoms. The zero-order valence-corrected chi connectivity index (χ0v) is 20.5. The van der Waals surface area contributed by atoms with Crippen LogP contribution in [0, 0.1) is 13.8 Å². The second-order valence-corrected chi connectivity index (χ2v) is 9.57. The van der Waals surface area contributed by atoms with Gasteiger partial charge in [-0.2, -0.15) is 5.10 Å².